The minimum Gasteiger partial charge on any atom is -0.463 e. The smallest absolute Gasteiger partial charge is 0.323 e. The monoisotopic (exact) mass is 271 g/mol. The van der Waals surface area contributed by atoms with Crippen LogP contribution in [0.1, 0.15) is 18.9 Å². The van der Waals surface area contributed by atoms with E-state index in [0.29, 0.717) is 18.6 Å². The summed E-state index contributed by atoms with van der Waals surface area (Å²) >= 11 is 0. The summed E-state index contributed by atoms with van der Waals surface area (Å²) in [5, 5.41) is 0. The largest absolute Gasteiger partial charge is 0.463 e. The Kier molecular flexibility index (Phi) is 3.37. The van der Waals surface area contributed by atoms with Crippen LogP contribution in [0.3, 0.4) is 0 Å². The number of nitrogens with two attached hydrogens (primary N) is 1. The first-order valence-electron chi connectivity index (χ1n) is 6.77. The molecule has 6 heteroatoms. The van der Waals surface area contributed by atoms with Gasteiger partial charge >= 0.3 is 6.01 Å². The molecule has 104 valence electrons. The molecule has 1 aliphatic rings. The van der Waals surface area contributed by atoms with Gasteiger partial charge in [0.2, 0.25) is 11.9 Å². The number of nitrogens with zero attached hydrogens (tertiary/aromatic N) is 4. The summed E-state index contributed by atoms with van der Waals surface area (Å²) in [6, 6.07) is 8.53. The number of benzene rings is 1. The van der Waals surface area contributed by atoms with Crippen molar-refractivity contribution in [2.75, 3.05) is 23.8 Å². The first-order valence-corrected chi connectivity index (χ1v) is 6.77. The standard InChI is InChI=1S/C14H17N5O/c1-2-9-20-14-17-12(15)16-13(18-14)19-8-7-10-5-3-4-6-11(10)19/h3-6H,2,7-9H2,1H3,(H2,15,16,17,18). The third-order valence-corrected chi connectivity index (χ3v) is 3.18. The summed E-state index contributed by atoms with van der Waals surface area (Å²) < 4.78 is 5.46. The predicted octanol–water partition coefficient (Wildman–Crippen LogP) is 1.94. The predicted molar refractivity (Wildman–Crippen MR) is 77.2 cm³/mol. The lowest BCUT2D eigenvalue weighted by atomic mass is 10.2. The van der Waals surface area contributed by atoms with Crippen LogP contribution < -0.4 is 15.4 Å². The van der Waals surface area contributed by atoms with Crippen molar-refractivity contribution in [2.45, 2.75) is 19.8 Å². The molecule has 1 aromatic carbocycles. The molecular formula is C14H17N5O. The molecule has 0 saturated carbocycles. The number of hydrogen-bond acceptors (Lipinski definition) is 6. The van der Waals surface area contributed by atoms with Crippen molar-refractivity contribution in [3.63, 3.8) is 0 Å². The second-order valence-electron chi connectivity index (χ2n) is 4.65. The third kappa shape index (κ3) is 2.36. The van der Waals surface area contributed by atoms with Gasteiger partial charge in [-0.25, -0.2) is 0 Å². The topological polar surface area (TPSA) is 77.2 Å². The molecule has 0 amide bonds. The first-order chi connectivity index (χ1) is 9.78. The van der Waals surface area contributed by atoms with Crippen molar-refractivity contribution in [1.29, 1.82) is 0 Å². The van der Waals surface area contributed by atoms with Gasteiger partial charge in [-0.2, -0.15) is 15.0 Å². The SMILES string of the molecule is CCCOc1nc(N)nc(N2CCc3ccccc32)n1. The number of ether oxygens (including phenoxy) is 1. The summed E-state index contributed by atoms with van der Waals surface area (Å²) in [6.45, 7) is 3.44. The second-order valence-corrected chi connectivity index (χ2v) is 4.65. The lowest BCUT2D eigenvalue weighted by molar-refractivity contribution is 0.292. The van der Waals surface area contributed by atoms with Crippen molar-refractivity contribution in [1.82, 2.24) is 15.0 Å². The molecule has 0 saturated heterocycles. The number of hydrogen-bond donors (Lipinski definition) is 1. The lowest BCUT2D eigenvalue weighted by Gasteiger charge is -2.17. The number of fused-ring (bicyclic) bond motifs is 1. The summed E-state index contributed by atoms with van der Waals surface area (Å²) in [5.74, 6) is 0.735. The van der Waals surface area contributed by atoms with Crippen molar-refractivity contribution in [2.24, 2.45) is 0 Å². The van der Waals surface area contributed by atoms with Gasteiger partial charge in [0.1, 0.15) is 0 Å². The Labute approximate surface area is 117 Å². The van der Waals surface area contributed by atoms with Crippen molar-refractivity contribution in [3.8, 4) is 6.01 Å². The van der Waals surface area contributed by atoms with E-state index in [1.165, 1.54) is 5.56 Å². The maximum atomic E-state index is 5.75. The van der Waals surface area contributed by atoms with Crippen LogP contribution >= 0.6 is 0 Å². The zero-order chi connectivity index (χ0) is 13.9. The van der Waals surface area contributed by atoms with E-state index in [4.69, 9.17) is 10.5 Å². The molecule has 0 aliphatic carbocycles. The molecule has 0 radical (unpaired) electrons. The Morgan fingerprint density at radius 2 is 2.10 bits per heavy atom. The molecule has 2 N–H and O–H groups in total. The lowest BCUT2D eigenvalue weighted by Crippen LogP contribution is -2.18. The fourth-order valence-electron chi connectivity index (χ4n) is 2.29. The fourth-order valence-corrected chi connectivity index (χ4v) is 2.29. The van der Waals surface area contributed by atoms with Gasteiger partial charge in [0.05, 0.1) is 6.61 Å². The number of aromatic nitrogens is 3. The van der Waals surface area contributed by atoms with Crippen LogP contribution in [0.2, 0.25) is 0 Å². The van der Waals surface area contributed by atoms with Gasteiger partial charge in [0.25, 0.3) is 0 Å². The van der Waals surface area contributed by atoms with Crippen LogP contribution in [0.4, 0.5) is 17.6 Å². The van der Waals surface area contributed by atoms with E-state index in [-0.39, 0.29) is 5.95 Å². The molecule has 2 aromatic rings. The van der Waals surface area contributed by atoms with E-state index in [1.54, 1.807) is 0 Å². The Bertz CT molecular complexity index is 616. The van der Waals surface area contributed by atoms with Gasteiger partial charge in [-0.15, -0.1) is 0 Å². The van der Waals surface area contributed by atoms with Crippen LogP contribution in [0.15, 0.2) is 24.3 Å². The minimum atomic E-state index is 0.186. The molecule has 0 bridgehead atoms. The van der Waals surface area contributed by atoms with E-state index >= 15 is 0 Å². The van der Waals surface area contributed by atoms with Crippen LogP contribution in [0.25, 0.3) is 0 Å². The molecule has 0 spiro atoms. The molecule has 20 heavy (non-hydrogen) atoms. The molecular weight excluding hydrogens is 254 g/mol. The van der Waals surface area contributed by atoms with E-state index < -0.39 is 0 Å². The number of para-hydroxylation sites is 1. The van der Waals surface area contributed by atoms with Crippen molar-refractivity contribution < 1.29 is 4.74 Å². The highest BCUT2D eigenvalue weighted by Gasteiger charge is 2.23. The van der Waals surface area contributed by atoms with Crippen molar-refractivity contribution in [3.05, 3.63) is 29.8 Å². The minimum absolute atomic E-state index is 0.186. The Balaban J connectivity index is 1.93. The number of rotatable bonds is 4. The van der Waals surface area contributed by atoms with Crippen molar-refractivity contribution >= 4 is 17.6 Å². The Morgan fingerprint density at radius 1 is 1.25 bits per heavy atom. The summed E-state index contributed by atoms with van der Waals surface area (Å²) in [7, 11) is 0. The zero-order valence-electron chi connectivity index (χ0n) is 11.4. The summed E-state index contributed by atoms with van der Waals surface area (Å²) in [6.07, 6.45) is 1.88. The summed E-state index contributed by atoms with van der Waals surface area (Å²) in [5.41, 5.74) is 8.17. The van der Waals surface area contributed by atoms with E-state index in [9.17, 15) is 0 Å². The van der Waals surface area contributed by atoms with E-state index in [1.807, 2.05) is 24.0 Å². The number of anilines is 3. The van der Waals surface area contributed by atoms with E-state index in [2.05, 4.69) is 27.1 Å². The molecule has 0 unspecified atom stereocenters. The highest BCUT2D eigenvalue weighted by Crippen LogP contribution is 2.32. The first kappa shape index (κ1) is 12.7. The molecule has 2 heterocycles. The van der Waals surface area contributed by atoms with Crippen LogP contribution in [-0.4, -0.2) is 28.1 Å². The molecule has 0 atom stereocenters. The third-order valence-electron chi connectivity index (χ3n) is 3.18. The van der Waals surface area contributed by atoms with Gasteiger partial charge in [-0.05, 0) is 24.5 Å². The van der Waals surface area contributed by atoms with Gasteiger partial charge in [0, 0.05) is 12.2 Å². The van der Waals surface area contributed by atoms with Gasteiger partial charge in [0.15, 0.2) is 0 Å². The summed E-state index contributed by atoms with van der Waals surface area (Å²) in [4.78, 5) is 14.6. The Hall–Kier alpha value is -2.37. The highest BCUT2D eigenvalue weighted by atomic mass is 16.5. The zero-order valence-corrected chi connectivity index (χ0v) is 11.4. The molecule has 1 aromatic heterocycles. The van der Waals surface area contributed by atoms with Crippen LogP contribution in [-0.2, 0) is 6.42 Å². The number of nitrogen functional groups attached to an aromatic ring is 1. The van der Waals surface area contributed by atoms with Crippen LogP contribution in [0.5, 0.6) is 6.01 Å². The maximum Gasteiger partial charge on any atom is 0.323 e. The highest BCUT2D eigenvalue weighted by molar-refractivity contribution is 5.66. The van der Waals surface area contributed by atoms with Gasteiger partial charge < -0.3 is 15.4 Å². The second kappa shape index (κ2) is 5.32. The maximum absolute atomic E-state index is 5.75. The molecule has 0 fully saturated rings. The fraction of sp³-hybridized carbons (Fsp3) is 0.357. The molecule has 3 rings (SSSR count). The molecule has 1 aliphatic heterocycles. The van der Waals surface area contributed by atoms with Crippen LogP contribution in [0, 0.1) is 0 Å². The average Bonchev–Trinajstić information content (AvgIpc) is 2.88. The van der Waals surface area contributed by atoms with Gasteiger partial charge in [-0.1, -0.05) is 25.1 Å². The Morgan fingerprint density at radius 3 is 2.95 bits per heavy atom. The van der Waals surface area contributed by atoms with Gasteiger partial charge in [-0.3, -0.25) is 0 Å². The average molecular weight is 271 g/mol. The molecule has 6 nitrogen and oxygen atoms in total. The normalized spacial score (nSPS) is 13.3. The quantitative estimate of drug-likeness (QED) is 0.915. The van der Waals surface area contributed by atoms with E-state index in [0.717, 1.165) is 25.1 Å².